The number of esters is 1. The molecule has 2 N–H and O–H groups in total. The molecule has 400 valence electrons. The van der Waals surface area contributed by atoms with Crippen molar-refractivity contribution in [3.05, 3.63) is 53.6 Å². The summed E-state index contributed by atoms with van der Waals surface area (Å²) >= 11 is 0. The minimum atomic E-state index is -2.67. The molecular weight excluding hydrogens is 919 g/mol. The maximum atomic E-state index is 15.1. The van der Waals surface area contributed by atoms with Gasteiger partial charge in [-0.3, -0.25) is 14.4 Å². The number of ether oxygens (including phenoxy) is 5. The Balaban J connectivity index is 1.66. The molecular formula is C57H91NO12Si. The lowest BCUT2D eigenvalue weighted by Gasteiger charge is -2.47. The standard InChI is InChI=1S/C57H91NO12Si/c1-15-43-28-37(8)27-38(9)29-50(65-13)53-51(66-14)31-40(11)57(64,69-53)54(61)55(62)58-26-20-19-23-45(58)56(63)68-52(41(12)48(33-47(43)60)70-71(34(2)3,35(4)5)36(6)7)39(10)30-42-24-25-46(59)49(32-42)67-44-21-17-16-18-22-44/h16-18,21-22,28,30,34-36,38,40-43,45-46,48-53,59,64H,15,19-20,23-27,29,31-33H2,1-14H3/b37-28+,39-30?. The number of methoxy groups -OCH3 is 2. The van der Waals surface area contributed by atoms with Crippen LogP contribution in [0, 0.1) is 29.6 Å². The molecule has 4 aliphatic rings. The number of Topliss-reactive ketones (excluding diaryl/α,β-unsaturated/α-hetero) is 2. The number of nitrogens with zero attached hydrogens (tertiary/aromatic N) is 1. The molecule has 14 atom stereocenters. The number of ketones is 2. The van der Waals surface area contributed by atoms with Crippen LogP contribution in [0.5, 0.6) is 5.75 Å². The highest BCUT2D eigenvalue weighted by atomic mass is 28.4. The smallest absolute Gasteiger partial charge is 0.329 e. The van der Waals surface area contributed by atoms with Crippen LogP contribution in [0.1, 0.15) is 154 Å². The van der Waals surface area contributed by atoms with Crippen molar-refractivity contribution in [2.24, 2.45) is 29.6 Å². The Bertz CT molecular complexity index is 1970. The molecule has 0 aromatic heterocycles. The van der Waals surface area contributed by atoms with Crippen LogP contribution in [0.4, 0.5) is 0 Å². The highest BCUT2D eigenvalue weighted by Gasteiger charge is 2.57. The molecule has 14 heteroatoms. The van der Waals surface area contributed by atoms with Gasteiger partial charge < -0.3 is 43.2 Å². The fraction of sp³-hybridized carbons (Fsp3) is 0.754. The van der Waals surface area contributed by atoms with E-state index in [9.17, 15) is 24.6 Å². The van der Waals surface area contributed by atoms with E-state index >= 15 is 4.79 Å². The number of carbonyl (C=O) groups excluding carboxylic acids is 4. The summed E-state index contributed by atoms with van der Waals surface area (Å²) in [6.07, 6.45) is 4.70. The molecule has 3 fully saturated rings. The molecule has 71 heavy (non-hydrogen) atoms. The third-order valence-corrected chi connectivity index (χ3v) is 22.8. The van der Waals surface area contributed by atoms with E-state index in [1.165, 1.54) is 4.90 Å². The van der Waals surface area contributed by atoms with Crippen molar-refractivity contribution in [1.29, 1.82) is 0 Å². The van der Waals surface area contributed by atoms with Crippen LogP contribution >= 0.6 is 0 Å². The molecule has 0 spiro atoms. The van der Waals surface area contributed by atoms with Gasteiger partial charge in [0.1, 0.15) is 35.9 Å². The first-order chi connectivity index (χ1) is 33.5. The van der Waals surface area contributed by atoms with Crippen LogP contribution in [0.3, 0.4) is 0 Å². The van der Waals surface area contributed by atoms with Gasteiger partial charge in [0.25, 0.3) is 11.7 Å². The first kappa shape index (κ1) is 58.6. The Morgan fingerprint density at radius 1 is 0.859 bits per heavy atom. The summed E-state index contributed by atoms with van der Waals surface area (Å²) in [5.74, 6) is -6.35. The summed E-state index contributed by atoms with van der Waals surface area (Å²) in [5.41, 5.74) is 2.41. The van der Waals surface area contributed by atoms with Gasteiger partial charge in [-0.25, -0.2) is 4.79 Å². The van der Waals surface area contributed by atoms with Gasteiger partial charge >= 0.3 is 5.97 Å². The Hall–Kier alpha value is -3.24. The zero-order chi connectivity index (χ0) is 52.5. The number of fused-ring (bicyclic) bond motifs is 3. The summed E-state index contributed by atoms with van der Waals surface area (Å²) in [6.45, 7) is 25.2. The molecule has 1 aromatic rings. The van der Waals surface area contributed by atoms with E-state index in [0.717, 1.165) is 11.1 Å². The molecule has 13 nitrogen and oxygen atoms in total. The summed E-state index contributed by atoms with van der Waals surface area (Å²) in [5, 5.41) is 23.4. The molecule has 1 amide bonds. The number of carbonyl (C=O) groups is 4. The molecule has 1 aliphatic carbocycles. The molecule has 0 radical (unpaired) electrons. The van der Waals surface area contributed by atoms with E-state index in [1.54, 1.807) is 21.1 Å². The van der Waals surface area contributed by atoms with E-state index in [0.29, 0.717) is 57.1 Å². The lowest BCUT2D eigenvalue weighted by molar-refractivity contribution is -0.302. The van der Waals surface area contributed by atoms with Crippen molar-refractivity contribution in [3.8, 4) is 5.75 Å². The fourth-order valence-corrected chi connectivity index (χ4v) is 18.4. The second-order valence-electron chi connectivity index (χ2n) is 22.8. The Morgan fingerprint density at radius 2 is 1.49 bits per heavy atom. The van der Waals surface area contributed by atoms with E-state index in [-0.39, 0.29) is 60.0 Å². The van der Waals surface area contributed by atoms with Crippen molar-refractivity contribution in [1.82, 2.24) is 4.90 Å². The van der Waals surface area contributed by atoms with Gasteiger partial charge in [-0.2, -0.15) is 0 Å². The first-order valence-electron chi connectivity index (χ1n) is 27.0. The predicted molar refractivity (Wildman–Crippen MR) is 278 cm³/mol. The monoisotopic (exact) mass is 1010 g/mol. The van der Waals surface area contributed by atoms with Gasteiger partial charge in [0.2, 0.25) is 14.1 Å². The number of amides is 1. The van der Waals surface area contributed by atoms with Crippen molar-refractivity contribution in [3.63, 3.8) is 0 Å². The zero-order valence-electron chi connectivity index (χ0n) is 45.7. The third kappa shape index (κ3) is 13.7. The number of aliphatic hydroxyl groups excluding tert-OH is 1. The molecule has 14 unspecified atom stereocenters. The maximum Gasteiger partial charge on any atom is 0.329 e. The predicted octanol–water partition coefficient (Wildman–Crippen LogP) is 10.1. The normalized spacial score (nSPS) is 35.7. The van der Waals surface area contributed by atoms with E-state index < -0.39 is 98.3 Å². The maximum absolute atomic E-state index is 15.1. The molecule has 5 rings (SSSR count). The second kappa shape index (κ2) is 25.8. The average molecular weight is 1010 g/mol. The molecule has 2 saturated heterocycles. The van der Waals surface area contributed by atoms with E-state index in [2.05, 4.69) is 60.6 Å². The van der Waals surface area contributed by atoms with Crippen LogP contribution in [-0.4, -0.2) is 122 Å². The van der Waals surface area contributed by atoms with Crippen LogP contribution in [0.25, 0.3) is 0 Å². The minimum Gasteiger partial charge on any atom is -0.488 e. The summed E-state index contributed by atoms with van der Waals surface area (Å²) in [6, 6.07) is 8.34. The number of aliphatic hydroxyl groups is 2. The van der Waals surface area contributed by atoms with Gasteiger partial charge in [-0.15, -0.1) is 0 Å². The highest BCUT2D eigenvalue weighted by molar-refractivity contribution is 6.77. The third-order valence-electron chi connectivity index (χ3n) is 16.7. The van der Waals surface area contributed by atoms with E-state index in [1.807, 2.05) is 58.0 Å². The van der Waals surface area contributed by atoms with Gasteiger partial charge in [0.15, 0.2) is 0 Å². The van der Waals surface area contributed by atoms with Gasteiger partial charge in [0.05, 0.1) is 24.4 Å². The molecule has 1 saturated carbocycles. The largest absolute Gasteiger partial charge is 0.488 e. The van der Waals surface area contributed by atoms with E-state index in [4.69, 9.17) is 28.1 Å². The number of allylic oxidation sites excluding steroid dienone is 3. The highest BCUT2D eigenvalue weighted by Crippen LogP contribution is 2.46. The zero-order valence-corrected chi connectivity index (χ0v) is 46.7. The molecule has 3 aliphatic heterocycles. The molecule has 1 aromatic carbocycles. The van der Waals surface area contributed by atoms with Gasteiger partial charge in [-0.1, -0.05) is 105 Å². The van der Waals surface area contributed by atoms with Crippen molar-refractivity contribution in [2.75, 3.05) is 20.8 Å². The molecule has 2 bridgehead atoms. The average Bonchev–Trinajstić information content (AvgIpc) is 3.33. The Kier molecular flexibility index (Phi) is 21.3. The lowest BCUT2D eigenvalue weighted by atomic mass is 9.81. The van der Waals surface area contributed by atoms with Crippen LogP contribution in [-0.2, 0) is 42.6 Å². The minimum absolute atomic E-state index is 0.0371. The lowest BCUT2D eigenvalue weighted by Crippen LogP contribution is -2.64. The van der Waals surface area contributed by atoms with Gasteiger partial charge in [-0.05, 0) is 124 Å². The number of hydrogen-bond donors (Lipinski definition) is 2. The SMILES string of the molecule is CCC1/C=C(\C)CC(C)CC(OC)C2OC(O)(C(=O)C(=O)N3CCCCC3C(=O)OC(C(C)=CC3CCC(O)C(Oc4ccccc4)C3)C(C)C(O[Si](C(C)C)(C(C)C)C(C)C)CC1=O)C(C)CC2OC. The first-order valence-corrected chi connectivity index (χ1v) is 29.1. The van der Waals surface area contributed by atoms with Gasteiger partial charge in [0, 0.05) is 44.9 Å². The van der Waals surface area contributed by atoms with Crippen LogP contribution in [0.2, 0.25) is 16.6 Å². The summed E-state index contributed by atoms with van der Waals surface area (Å²) < 4.78 is 39.1. The number of hydrogen-bond acceptors (Lipinski definition) is 12. The van der Waals surface area contributed by atoms with Crippen molar-refractivity contribution >= 4 is 31.8 Å². The summed E-state index contributed by atoms with van der Waals surface area (Å²) in [7, 11) is 0.444. The second-order valence-corrected chi connectivity index (χ2v) is 28.2. The quantitative estimate of drug-likeness (QED) is 0.0882. The topological polar surface area (TPSA) is 167 Å². The summed E-state index contributed by atoms with van der Waals surface area (Å²) in [4.78, 5) is 60.6. The number of piperidine rings is 1. The van der Waals surface area contributed by atoms with Crippen LogP contribution < -0.4 is 4.74 Å². The van der Waals surface area contributed by atoms with Crippen molar-refractivity contribution in [2.45, 2.75) is 225 Å². The fourth-order valence-electron chi connectivity index (χ4n) is 12.7. The number of rotatable bonds is 12. The number of cyclic esters (lactones) is 1. The number of para-hydroxylation sites is 1. The number of benzene rings is 1. The Morgan fingerprint density at radius 3 is 2.10 bits per heavy atom. The van der Waals surface area contributed by atoms with Crippen LogP contribution in [0.15, 0.2) is 53.6 Å². The Labute approximate surface area is 427 Å². The van der Waals surface area contributed by atoms with Crippen molar-refractivity contribution < 1.29 is 57.5 Å². The molecule has 3 heterocycles.